The van der Waals surface area contributed by atoms with Gasteiger partial charge in [-0.15, -0.1) is 0 Å². The molecule has 0 aliphatic carbocycles. The van der Waals surface area contributed by atoms with Crippen LogP contribution < -0.4 is 25.5 Å². The Morgan fingerprint density at radius 1 is 0.455 bits per heavy atom. The number of aliphatic carboxylic acids is 5. The molecule has 0 bridgehead atoms. The number of rotatable bonds is 0. The number of hydrogen-bond donors (Lipinski definition) is 0. The summed E-state index contributed by atoms with van der Waals surface area (Å²) < 4.78 is 0. The molecule has 0 atom stereocenters. The summed E-state index contributed by atoms with van der Waals surface area (Å²) in [6, 6.07) is 0. The Morgan fingerprint density at radius 2 is 0.455 bits per heavy atom. The Bertz CT molecular complexity index is 216. The van der Waals surface area contributed by atoms with Crippen LogP contribution in [0.4, 0.5) is 0 Å². The maximum atomic E-state index is 8.89. The van der Waals surface area contributed by atoms with Gasteiger partial charge in [-0.3, -0.25) is 0 Å². The molecule has 0 aliphatic heterocycles. The number of carbonyl (C=O) groups is 5. The van der Waals surface area contributed by atoms with Crippen LogP contribution >= 0.6 is 0 Å². The molecule has 0 rings (SSSR count). The van der Waals surface area contributed by atoms with Crippen molar-refractivity contribution in [3.8, 4) is 0 Å². The number of hydrogen-bond acceptors (Lipinski definition) is 10. The molecule has 0 aromatic carbocycles. The molecule has 0 N–H and O–H groups in total. The molecule has 0 heterocycles. The van der Waals surface area contributed by atoms with Crippen molar-refractivity contribution >= 4 is 29.8 Å². The van der Waals surface area contributed by atoms with E-state index >= 15 is 0 Å². The second kappa shape index (κ2) is 36.6. The molecule has 0 saturated carbocycles. The second-order valence-corrected chi connectivity index (χ2v) is 2.46. The summed E-state index contributed by atoms with van der Waals surface area (Å²) in [6.07, 6.45) is 0. The SMILES string of the molecule is CC(=O)[O-].CC(=O)[O-].CC(=O)[O-].CC(=O)[O-].CC(=O)[O-].[Co+2].[Fe+3]. The van der Waals surface area contributed by atoms with E-state index in [1.54, 1.807) is 0 Å². The average Bonchev–Trinajstić information content (AvgIpc) is 1.94. The number of carboxylic acids is 5. The molecular weight excluding hydrogens is 395 g/mol. The van der Waals surface area contributed by atoms with Crippen LogP contribution in [-0.2, 0) is 57.8 Å². The molecule has 0 unspecified atom stereocenters. The fraction of sp³-hybridized carbons (Fsp3) is 0.500. The van der Waals surface area contributed by atoms with Crippen LogP contribution in [0.25, 0.3) is 0 Å². The van der Waals surface area contributed by atoms with Crippen molar-refractivity contribution < 1.29 is 83.4 Å². The van der Waals surface area contributed by atoms with Crippen LogP contribution in [0.5, 0.6) is 0 Å². The summed E-state index contributed by atoms with van der Waals surface area (Å²) >= 11 is 0. The molecule has 0 aromatic heterocycles. The van der Waals surface area contributed by atoms with Crippen molar-refractivity contribution in [2.75, 3.05) is 0 Å². The Balaban J connectivity index is -0.0000000250. The molecule has 10 nitrogen and oxygen atoms in total. The van der Waals surface area contributed by atoms with Crippen molar-refractivity contribution in [2.24, 2.45) is 0 Å². The fourth-order valence-corrected chi connectivity index (χ4v) is 0. The van der Waals surface area contributed by atoms with Crippen LogP contribution in [0.15, 0.2) is 0 Å². The molecule has 132 valence electrons. The zero-order chi connectivity index (χ0) is 17.9. The monoisotopic (exact) mass is 410 g/mol. The summed E-state index contributed by atoms with van der Waals surface area (Å²) in [5.41, 5.74) is 0. The van der Waals surface area contributed by atoms with Gasteiger partial charge in [0.1, 0.15) is 0 Å². The summed E-state index contributed by atoms with van der Waals surface area (Å²) in [4.78, 5) is 44.4. The topological polar surface area (TPSA) is 201 Å². The van der Waals surface area contributed by atoms with E-state index in [0.717, 1.165) is 34.6 Å². The number of carbonyl (C=O) groups excluding carboxylic acids is 5. The molecule has 12 heteroatoms. The zero-order valence-electron chi connectivity index (χ0n) is 12.3. The third-order valence-corrected chi connectivity index (χ3v) is 0. The molecular formula is C10H15CoFeO10. The van der Waals surface area contributed by atoms with Crippen LogP contribution in [0.2, 0.25) is 0 Å². The summed E-state index contributed by atoms with van der Waals surface area (Å²) in [6.45, 7) is 4.86. The maximum absolute atomic E-state index is 8.89. The van der Waals surface area contributed by atoms with Gasteiger partial charge in [-0.2, -0.15) is 0 Å². The first-order valence-corrected chi connectivity index (χ1v) is 4.54. The van der Waals surface area contributed by atoms with Crippen molar-refractivity contribution in [2.45, 2.75) is 34.6 Å². The first kappa shape index (κ1) is 42.8. The van der Waals surface area contributed by atoms with Gasteiger partial charge in [0.2, 0.25) is 0 Å². The molecule has 0 aromatic rings. The van der Waals surface area contributed by atoms with E-state index in [9.17, 15) is 0 Å². The Hall–Kier alpha value is -1.62. The minimum atomic E-state index is -1.08. The van der Waals surface area contributed by atoms with Crippen LogP contribution in [0.1, 0.15) is 34.6 Å². The predicted octanol–water partition coefficient (Wildman–Crippen LogP) is -6.22. The van der Waals surface area contributed by atoms with E-state index in [2.05, 4.69) is 0 Å². The van der Waals surface area contributed by atoms with Gasteiger partial charge < -0.3 is 49.5 Å². The molecule has 0 saturated heterocycles. The maximum Gasteiger partial charge on any atom is 3.00 e. The standard InChI is InChI=1S/5C2H4O2.Co.Fe/c5*1-2(3)4;;/h5*1H3,(H,3,4);;/q;;;;;+2;+3/p-5. The third-order valence-electron chi connectivity index (χ3n) is 0. The quantitative estimate of drug-likeness (QED) is 0.346. The molecule has 0 amide bonds. The van der Waals surface area contributed by atoms with Gasteiger partial charge in [-0.05, 0) is 34.6 Å². The first-order chi connectivity index (χ1) is 8.66. The van der Waals surface area contributed by atoms with Crippen LogP contribution in [0.3, 0.4) is 0 Å². The minimum Gasteiger partial charge on any atom is -0.550 e. The van der Waals surface area contributed by atoms with Crippen LogP contribution in [-0.4, -0.2) is 29.8 Å². The first-order valence-electron chi connectivity index (χ1n) is 4.54. The van der Waals surface area contributed by atoms with Gasteiger partial charge in [-0.1, -0.05) is 0 Å². The van der Waals surface area contributed by atoms with Gasteiger partial charge in [0.25, 0.3) is 0 Å². The normalized spacial score (nSPS) is 5.68. The van der Waals surface area contributed by atoms with Gasteiger partial charge >= 0.3 is 33.8 Å². The van der Waals surface area contributed by atoms with Gasteiger partial charge in [-0.25, -0.2) is 0 Å². The van der Waals surface area contributed by atoms with Crippen molar-refractivity contribution in [1.29, 1.82) is 0 Å². The molecule has 22 heavy (non-hydrogen) atoms. The predicted molar refractivity (Wildman–Crippen MR) is 53.4 cm³/mol. The Labute approximate surface area is 148 Å². The smallest absolute Gasteiger partial charge is 0.550 e. The van der Waals surface area contributed by atoms with Gasteiger partial charge in [0, 0.05) is 29.8 Å². The summed E-state index contributed by atoms with van der Waals surface area (Å²) in [5, 5.41) is 44.4. The Morgan fingerprint density at radius 3 is 0.455 bits per heavy atom. The van der Waals surface area contributed by atoms with Gasteiger partial charge in [0.15, 0.2) is 0 Å². The van der Waals surface area contributed by atoms with E-state index in [4.69, 9.17) is 49.5 Å². The minimum absolute atomic E-state index is 0. The summed E-state index contributed by atoms with van der Waals surface area (Å²) in [7, 11) is 0. The van der Waals surface area contributed by atoms with E-state index < -0.39 is 29.8 Å². The third kappa shape index (κ3) is 2100. The zero-order valence-corrected chi connectivity index (χ0v) is 14.4. The van der Waals surface area contributed by atoms with Crippen molar-refractivity contribution in [3.63, 3.8) is 0 Å². The Kier molecular flexibility index (Phi) is 71.1. The van der Waals surface area contributed by atoms with Gasteiger partial charge in [0.05, 0.1) is 0 Å². The van der Waals surface area contributed by atoms with Crippen molar-refractivity contribution in [3.05, 3.63) is 0 Å². The van der Waals surface area contributed by atoms with E-state index in [1.807, 2.05) is 0 Å². The second-order valence-electron chi connectivity index (χ2n) is 2.46. The van der Waals surface area contributed by atoms with Crippen LogP contribution in [0, 0.1) is 0 Å². The largest absolute Gasteiger partial charge is 3.00 e. The molecule has 0 fully saturated rings. The fourth-order valence-electron chi connectivity index (χ4n) is 0. The summed E-state index contributed by atoms with van der Waals surface area (Å²) in [5.74, 6) is -5.42. The number of carboxylic acid groups (broad SMARTS) is 5. The average molecular weight is 410 g/mol. The molecule has 2 radical (unpaired) electrons. The van der Waals surface area contributed by atoms with E-state index in [1.165, 1.54) is 0 Å². The van der Waals surface area contributed by atoms with E-state index in [0.29, 0.717) is 0 Å². The molecule has 0 spiro atoms. The van der Waals surface area contributed by atoms with Crippen molar-refractivity contribution in [1.82, 2.24) is 0 Å². The molecule has 0 aliphatic rings. The van der Waals surface area contributed by atoms with E-state index in [-0.39, 0.29) is 33.8 Å².